The van der Waals surface area contributed by atoms with E-state index in [0.29, 0.717) is 11.1 Å². The van der Waals surface area contributed by atoms with Gasteiger partial charge in [-0.2, -0.15) is 0 Å². The highest BCUT2D eigenvalue weighted by Gasteiger charge is 2.42. The van der Waals surface area contributed by atoms with Gasteiger partial charge in [0, 0.05) is 13.1 Å². The van der Waals surface area contributed by atoms with E-state index in [0.717, 1.165) is 32.5 Å². The van der Waals surface area contributed by atoms with Crippen LogP contribution in [0.3, 0.4) is 0 Å². The van der Waals surface area contributed by atoms with Gasteiger partial charge in [0.2, 0.25) is 5.60 Å². The molecule has 4 heteroatoms. The zero-order valence-corrected chi connectivity index (χ0v) is 14.6. The van der Waals surface area contributed by atoms with Gasteiger partial charge in [0.1, 0.15) is 6.10 Å². The van der Waals surface area contributed by atoms with Crippen LogP contribution in [0.15, 0.2) is 60.7 Å². The van der Waals surface area contributed by atoms with Gasteiger partial charge >= 0.3 is 5.97 Å². The molecule has 4 nitrogen and oxygen atoms in total. The van der Waals surface area contributed by atoms with E-state index in [-0.39, 0.29) is 6.10 Å². The Balaban J connectivity index is 1.84. The molecule has 0 saturated carbocycles. The normalized spacial score (nSPS) is 16.6. The van der Waals surface area contributed by atoms with Crippen LogP contribution >= 0.6 is 0 Å². The zero-order chi connectivity index (χ0) is 17.7. The summed E-state index contributed by atoms with van der Waals surface area (Å²) >= 11 is 0. The molecule has 0 amide bonds. The number of benzene rings is 2. The summed E-state index contributed by atoms with van der Waals surface area (Å²) in [6, 6.07) is 18.0. The molecule has 1 heterocycles. The molecule has 1 saturated heterocycles. The second-order valence-electron chi connectivity index (χ2n) is 6.48. The SMILES string of the molecule is C[11CH2]N1CCC(OC(=O)C(O)(c2ccccc2)c2ccccc2)CC1. The van der Waals surface area contributed by atoms with Gasteiger partial charge in [-0.05, 0) is 30.5 Å². The number of ether oxygens (including phenoxy) is 1. The van der Waals surface area contributed by atoms with Crippen molar-refractivity contribution in [1.29, 1.82) is 0 Å². The molecule has 0 unspecified atom stereocenters. The summed E-state index contributed by atoms with van der Waals surface area (Å²) in [6.07, 6.45) is 1.47. The summed E-state index contributed by atoms with van der Waals surface area (Å²) in [5.41, 5.74) is -0.737. The Hall–Kier alpha value is -2.17. The van der Waals surface area contributed by atoms with Crippen LogP contribution in [0.25, 0.3) is 0 Å². The minimum Gasteiger partial charge on any atom is -0.460 e. The number of hydrogen-bond acceptors (Lipinski definition) is 4. The van der Waals surface area contributed by atoms with Gasteiger partial charge in [-0.15, -0.1) is 0 Å². The van der Waals surface area contributed by atoms with Gasteiger partial charge in [-0.25, -0.2) is 4.79 Å². The van der Waals surface area contributed by atoms with Crippen LogP contribution in [0.1, 0.15) is 30.9 Å². The van der Waals surface area contributed by atoms with Crippen LogP contribution in [0.4, 0.5) is 0 Å². The van der Waals surface area contributed by atoms with E-state index in [1.165, 1.54) is 0 Å². The number of aliphatic hydroxyl groups is 1. The van der Waals surface area contributed by atoms with Crippen LogP contribution in [-0.4, -0.2) is 41.7 Å². The van der Waals surface area contributed by atoms with Crippen molar-refractivity contribution in [1.82, 2.24) is 4.90 Å². The number of piperidine rings is 1. The van der Waals surface area contributed by atoms with Gasteiger partial charge in [0.15, 0.2) is 0 Å². The first kappa shape index (κ1) is 17.6. The molecular weight excluding hydrogens is 313 g/mol. The summed E-state index contributed by atoms with van der Waals surface area (Å²) in [5.74, 6) is -0.597. The first-order valence-electron chi connectivity index (χ1n) is 8.91. The minimum absolute atomic E-state index is 0.144. The Morgan fingerprint density at radius 1 is 1.04 bits per heavy atom. The van der Waals surface area contributed by atoms with Crippen molar-refractivity contribution in [2.24, 2.45) is 0 Å². The molecule has 0 aliphatic carbocycles. The van der Waals surface area contributed by atoms with E-state index in [9.17, 15) is 9.90 Å². The lowest BCUT2D eigenvalue weighted by atomic mass is 9.86. The second-order valence-corrected chi connectivity index (χ2v) is 6.48. The molecule has 1 N–H and O–H groups in total. The number of rotatable bonds is 5. The molecular formula is C21H25NO3. The maximum Gasteiger partial charge on any atom is 0.347 e. The molecule has 2 aromatic rings. The summed E-state index contributed by atoms with van der Waals surface area (Å²) < 4.78 is 5.74. The Labute approximate surface area is 149 Å². The molecule has 2 aromatic carbocycles. The predicted octanol–water partition coefficient (Wildman–Crippen LogP) is 2.95. The highest BCUT2D eigenvalue weighted by molar-refractivity contribution is 5.85. The fourth-order valence-electron chi connectivity index (χ4n) is 3.34. The second kappa shape index (κ2) is 7.81. The fraction of sp³-hybridized carbons (Fsp3) is 0.381. The van der Waals surface area contributed by atoms with E-state index in [1.807, 2.05) is 36.4 Å². The smallest absolute Gasteiger partial charge is 0.347 e. The minimum atomic E-state index is -1.79. The maximum atomic E-state index is 13.0. The van der Waals surface area contributed by atoms with Gasteiger partial charge in [0.25, 0.3) is 0 Å². The highest BCUT2D eigenvalue weighted by Crippen LogP contribution is 2.32. The van der Waals surface area contributed by atoms with E-state index < -0.39 is 11.6 Å². The molecule has 0 bridgehead atoms. The molecule has 1 aliphatic heterocycles. The molecule has 0 radical (unpaired) electrons. The monoisotopic (exact) mass is 338 g/mol. The third kappa shape index (κ3) is 3.75. The zero-order valence-electron chi connectivity index (χ0n) is 14.6. The van der Waals surface area contributed by atoms with Crippen molar-refractivity contribution < 1.29 is 14.6 Å². The average molecular weight is 338 g/mol. The van der Waals surface area contributed by atoms with E-state index in [4.69, 9.17) is 4.74 Å². The standard InChI is InChI=1S/C21H25NO3/c1-2-22-15-13-19(14-16-22)25-20(23)21(24,17-9-5-3-6-10-17)18-11-7-4-8-12-18/h3-12,19,24H,2,13-16H2,1H3/i2-1. The summed E-state index contributed by atoms with van der Waals surface area (Å²) in [4.78, 5) is 15.3. The van der Waals surface area contributed by atoms with Crippen LogP contribution in [0.2, 0.25) is 0 Å². The summed E-state index contributed by atoms with van der Waals surface area (Å²) in [6.45, 7) is 4.99. The van der Waals surface area contributed by atoms with Crippen molar-refractivity contribution >= 4 is 5.97 Å². The van der Waals surface area contributed by atoms with Gasteiger partial charge in [-0.3, -0.25) is 0 Å². The fourth-order valence-corrected chi connectivity index (χ4v) is 3.34. The number of esters is 1. The molecule has 0 atom stereocenters. The van der Waals surface area contributed by atoms with Crippen molar-refractivity contribution in [2.75, 3.05) is 19.6 Å². The number of carbonyl (C=O) groups is 1. The lowest BCUT2D eigenvalue weighted by Gasteiger charge is -2.33. The molecule has 0 spiro atoms. The van der Waals surface area contributed by atoms with Crippen LogP contribution < -0.4 is 0 Å². The number of carbonyl (C=O) groups excluding carboxylic acids is 1. The molecule has 25 heavy (non-hydrogen) atoms. The lowest BCUT2D eigenvalue weighted by Crippen LogP contribution is -2.43. The Bertz CT molecular complexity index is 639. The van der Waals surface area contributed by atoms with Crippen molar-refractivity contribution in [3.05, 3.63) is 71.8 Å². The molecule has 0 aromatic heterocycles. The first-order chi connectivity index (χ1) is 12.1. The topological polar surface area (TPSA) is 49.8 Å². The summed E-state index contributed by atoms with van der Waals surface area (Å²) in [7, 11) is 0. The van der Waals surface area contributed by atoms with E-state index in [2.05, 4.69) is 11.8 Å². The van der Waals surface area contributed by atoms with Crippen molar-refractivity contribution in [2.45, 2.75) is 31.5 Å². The van der Waals surface area contributed by atoms with Gasteiger partial charge in [0.05, 0.1) is 0 Å². The molecule has 1 fully saturated rings. The van der Waals surface area contributed by atoms with Crippen molar-refractivity contribution in [3.8, 4) is 0 Å². The Morgan fingerprint density at radius 2 is 1.52 bits per heavy atom. The van der Waals surface area contributed by atoms with Gasteiger partial charge in [-0.1, -0.05) is 67.6 Å². The molecule has 132 valence electrons. The Kier molecular flexibility index (Phi) is 5.51. The van der Waals surface area contributed by atoms with Crippen LogP contribution in [-0.2, 0) is 15.1 Å². The highest BCUT2D eigenvalue weighted by atomic mass is 16.6. The van der Waals surface area contributed by atoms with Gasteiger partial charge < -0.3 is 14.7 Å². The molecule has 1 aliphatic rings. The van der Waals surface area contributed by atoms with E-state index in [1.54, 1.807) is 24.3 Å². The average Bonchev–Trinajstić information content (AvgIpc) is 2.69. The predicted molar refractivity (Wildman–Crippen MR) is 97.1 cm³/mol. The third-order valence-electron chi connectivity index (χ3n) is 4.93. The largest absolute Gasteiger partial charge is 0.460 e. The first-order valence-corrected chi connectivity index (χ1v) is 8.91. The quantitative estimate of drug-likeness (QED) is 0.852. The summed E-state index contributed by atoms with van der Waals surface area (Å²) in [5, 5.41) is 11.4. The van der Waals surface area contributed by atoms with Crippen LogP contribution in [0.5, 0.6) is 0 Å². The number of nitrogens with zero attached hydrogens (tertiary/aromatic N) is 1. The number of likely N-dealkylation sites (tertiary alicyclic amines) is 1. The van der Waals surface area contributed by atoms with Crippen LogP contribution in [0, 0.1) is 0 Å². The maximum absolute atomic E-state index is 13.0. The van der Waals surface area contributed by atoms with Crippen molar-refractivity contribution in [3.63, 3.8) is 0 Å². The number of hydrogen-bond donors (Lipinski definition) is 1. The molecule has 3 rings (SSSR count). The lowest BCUT2D eigenvalue weighted by molar-refractivity contribution is -0.170. The Morgan fingerprint density at radius 3 is 1.96 bits per heavy atom. The van der Waals surface area contributed by atoms with E-state index >= 15 is 0 Å². The third-order valence-corrected chi connectivity index (χ3v) is 4.93.